The van der Waals surface area contributed by atoms with Crippen molar-refractivity contribution in [3.05, 3.63) is 51.9 Å². The predicted octanol–water partition coefficient (Wildman–Crippen LogP) is 3.76. The third-order valence-corrected chi connectivity index (χ3v) is 4.48. The van der Waals surface area contributed by atoms with E-state index in [1.165, 1.54) is 18.5 Å². The highest BCUT2D eigenvalue weighted by atomic mass is 79.9. The average molecular weight is 413 g/mol. The first-order valence-electron chi connectivity index (χ1n) is 7.74. The Hall–Kier alpha value is -2.09. The van der Waals surface area contributed by atoms with Crippen LogP contribution >= 0.6 is 15.9 Å². The molecular weight excluding hydrogens is 398 g/mol. The molecule has 1 aliphatic carbocycles. The molecule has 0 unspecified atom stereocenters. The normalized spacial score (nSPS) is 18.7. The molecule has 1 fully saturated rings. The van der Waals surface area contributed by atoms with Crippen LogP contribution in [0.25, 0.3) is 0 Å². The third-order valence-electron chi connectivity index (χ3n) is 3.87. The van der Waals surface area contributed by atoms with Crippen LogP contribution < -0.4 is 4.74 Å². The number of carbonyl (C=O) groups excluding carboxylic acids is 1. The van der Waals surface area contributed by atoms with Gasteiger partial charge in [-0.25, -0.2) is 13.8 Å². The number of benzene rings is 1. The Kier molecular flexibility index (Phi) is 5.27. The number of hydrogen-bond donors (Lipinski definition) is 0. The van der Waals surface area contributed by atoms with Crippen LogP contribution in [0.4, 0.5) is 8.78 Å². The van der Waals surface area contributed by atoms with Gasteiger partial charge in [-0.2, -0.15) is 0 Å². The van der Waals surface area contributed by atoms with Gasteiger partial charge < -0.3 is 9.47 Å². The standard InChI is InChI=1S/C17H15BrF2N2O3/c1-2-24-17(23)11-4-10(11)15-6-22-16(7-21-15)25-8-9-3-12(18)14(20)5-13(9)19/h3,5-7,10-11H,2,4,8H2,1H3/t10-,11-/m0/s1. The van der Waals surface area contributed by atoms with Crippen LogP contribution in [0.5, 0.6) is 5.88 Å². The average Bonchev–Trinajstić information content (AvgIpc) is 3.38. The van der Waals surface area contributed by atoms with Crippen LogP contribution in [0.2, 0.25) is 0 Å². The molecule has 0 radical (unpaired) electrons. The largest absolute Gasteiger partial charge is 0.472 e. The molecule has 25 heavy (non-hydrogen) atoms. The Morgan fingerprint density at radius 2 is 2.08 bits per heavy atom. The molecule has 0 saturated heterocycles. The van der Waals surface area contributed by atoms with Crippen molar-refractivity contribution >= 4 is 21.9 Å². The predicted molar refractivity (Wildman–Crippen MR) is 87.9 cm³/mol. The van der Waals surface area contributed by atoms with Crippen molar-refractivity contribution in [2.45, 2.75) is 25.9 Å². The summed E-state index contributed by atoms with van der Waals surface area (Å²) in [5.74, 6) is -1.51. The molecule has 1 saturated carbocycles. The maximum absolute atomic E-state index is 13.7. The van der Waals surface area contributed by atoms with Gasteiger partial charge in [0.25, 0.3) is 0 Å². The van der Waals surface area contributed by atoms with Crippen molar-refractivity contribution in [1.29, 1.82) is 0 Å². The van der Waals surface area contributed by atoms with Gasteiger partial charge in [-0.15, -0.1) is 0 Å². The van der Waals surface area contributed by atoms with Crippen molar-refractivity contribution in [2.24, 2.45) is 5.92 Å². The summed E-state index contributed by atoms with van der Waals surface area (Å²) in [5.41, 5.74) is 0.893. The SMILES string of the molecule is CCOC(=O)[C@H]1C[C@@H]1c1cnc(OCc2cc(Br)c(F)cc2F)cn1. The number of ether oxygens (including phenoxy) is 2. The van der Waals surface area contributed by atoms with E-state index >= 15 is 0 Å². The van der Waals surface area contributed by atoms with Crippen LogP contribution in [0.3, 0.4) is 0 Å². The van der Waals surface area contributed by atoms with E-state index in [1.807, 2.05) is 0 Å². The fourth-order valence-corrected chi connectivity index (χ4v) is 2.84. The van der Waals surface area contributed by atoms with Gasteiger partial charge in [-0.05, 0) is 35.3 Å². The molecule has 1 aromatic heterocycles. The lowest BCUT2D eigenvalue weighted by atomic mass is 10.2. The number of aromatic nitrogens is 2. The molecule has 0 amide bonds. The Bertz CT molecular complexity index is 786. The molecule has 2 aromatic rings. The highest BCUT2D eigenvalue weighted by molar-refractivity contribution is 9.10. The number of rotatable bonds is 6. The number of carbonyl (C=O) groups is 1. The van der Waals surface area contributed by atoms with Gasteiger partial charge >= 0.3 is 5.97 Å². The maximum Gasteiger partial charge on any atom is 0.309 e. The Balaban J connectivity index is 1.59. The lowest BCUT2D eigenvalue weighted by Gasteiger charge is -2.08. The van der Waals surface area contributed by atoms with Gasteiger partial charge in [0.05, 0.1) is 35.1 Å². The van der Waals surface area contributed by atoms with Crippen molar-refractivity contribution < 1.29 is 23.0 Å². The van der Waals surface area contributed by atoms with Gasteiger partial charge in [0.15, 0.2) is 0 Å². The molecule has 8 heteroatoms. The number of esters is 1. The fraction of sp³-hybridized carbons (Fsp3) is 0.353. The minimum absolute atomic E-state index is 0.0195. The second-order valence-corrected chi connectivity index (χ2v) is 6.48. The van der Waals surface area contributed by atoms with Crippen LogP contribution in [0, 0.1) is 17.6 Å². The van der Waals surface area contributed by atoms with E-state index in [0.29, 0.717) is 18.7 Å². The summed E-state index contributed by atoms with van der Waals surface area (Å²) in [6.45, 7) is 2.02. The van der Waals surface area contributed by atoms with Gasteiger partial charge in [0.1, 0.15) is 18.2 Å². The summed E-state index contributed by atoms with van der Waals surface area (Å²) in [6.07, 6.45) is 3.66. The smallest absolute Gasteiger partial charge is 0.309 e. The fourth-order valence-electron chi connectivity index (χ4n) is 2.45. The molecule has 1 aromatic carbocycles. The van der Waals surface area contributed by atoms with E-state index < -0.39 is 11.6 Å². The summed E-state index contributed by atoms with van der Waals surface area (Å²) in [4.78, 5) is 20.0. The zero-order valence-electron chi connectivity index (χ0n) is 13.3. The molecule has 1 heterocycles. The zero-order valence-corrected chi connectivity index (χ0v) is 14.9. The summed E-state index contributed by atoms with van der Waals surface area (Å²) in [7, 11) is 0. The summed E-state index contributed by atoms with van der Waals surface area (Å²) in [5, 5.41) is 0. The number of hydrogen-bond acceptors (Lipinski definition) is 5. The first-order chi connectivity index (χ1) is 12.0. The lowest BCUT2D eigenvalue weighted by molar-refractivity contribution is -0.144. The van der Waals surface area contributed by atoms with Crippen LogP contribution in [-0.2, 0) is 16.1 Å². The summed E-state index contributed by atoms with van der Waals surface area (Å²) < 4.78 is 37.4. The summed E-state index contributed by atoms with van der Waals surface area (Å²) in [6, 6.07) is 2.11. The van der Waals surface area contributed by atoms with E-state index in [4.69, 9.17) is 9.47 Å². The van der Waals surface area contributed by atoms with Crippen molar-refractivity contribution in [2.75, 3.05) is 6.61 Å². The Morgan fingerprint density at radius 1 is 1.28 bits per heavy atom. The lowest BCUT2D eigenvalue weighted by Crippen LogP contribution is -2.07. The van der Waals surface area contributed by atoms with E-state index in [1.54, 1.807) is 6.92 Å². The van der Waals surface area contributed by atoms with Gasteiger partial charge in [0, 0.05) is 17.5 Å². The van der Waals surface area contributed by atoms with Crippen molar-refractivity contribution in [3.63, 3.8) is 0 Å². The molecule has 0 bridgehead atoms. The van der Waals surface area contributed by atoms with Gasteiger partial charge in [0.2, 0.25) is 5.88 Å². The Labute approximate surface area is 151 Å². The maximum atomic E-state index is 13.7. The number of nitrogens with zero attached hydrogens (tertiary/aromatic N) is 2. The van der Waals surface area contributed by atoms with E-state index in [-0.39, 0.29) is 40.3 Å². The molecule has 132 valence electrons. The molecule has 5 nitrogen and oxygen atoms in total. The highest BCUT2D eigenvalue weighted by Gasteiger charge is 2.46. The molecule has 0 aliphatic heterocycles. The second-order valence-electron chi connectivity index (χ2n) is 5.63. The van der Waals surface area contributed by atoms with Crippen LogP contribution in [0.15, 0.2) is 29.0 Å². The van der Waals surface area contributed by atoms with Crippen molar-refractivity contribution in [3.8, 4) is 5.88 Å². The van der Waals surface area contributed by atoms with Crippen LogP contribution in [0.1, 0.15) is 30.5 Å². The highest BCUT2D eigenvalue weighted by Crippen LogP contribution is 2.47. The topological polar surface area (TPSA) is 61.3 Å². The first-order valence-corrected chi connectivity index (χ1v) is 8.53. The van der Waals surface area contributed by atoms with Crippen LogP contribution in [-0.4, -0.2) is 22.5 Å². The zero-order chi connectivity index (χ0) is 18.0. The number of halogens is 3. The van der Waals surface area contributed by atoms with E-state index in [2.05, 4.69) is 25.9 Å². The summed E-state index contributed by atoms with van der Waals surface area (Å²) >= 11 is 3.00. The second kappa shape index (κ2) is 7.43. The Morgan fingerprint density at radius 3 is 2.76 bits per heavy atom. The van der Waals surface area contributed by atoms with Gasteiger partial charge in [-0.1, -0.05) is 0 Å². The van der Waals surface area contributed by atoms with Gasteiger partial charge in [-0.3, -0.25) is 9.78 Å². The van der Waals surface area contributed by atoms with E-state index in [9.17, 15) is 13.6 Å². The molecule has 0 spiro atoms. The molecule has 2 atom stereocenters. The third kappa shape index (κ3) is 4.12. The first kappa shape index (κ1) is 17.7. The quantitative estimate of drug-likeness (QED) is 0.533. The minimum atomic E-state index is -0.694. The minimum Gasteiger partial charge on any atom is -0.472 e. The van der Waals surface area contributed by atoms with Crippen molar-refractivity contribution in [1.82, 2.24) is 9.97 Å². The monoisotopic (exact) mass is 412 g/mol. The molecule has 0 N–H and O–H groups in total. The van der Waals surface area contributed by atoms with E-state index in [0.717, 1.165) is 6.07 Å². The molecule has 1 aliphatic rings. The molecular formula is C17H15BrF2N2O3. The molecule has 3 rings (SSSR count).